The summed E-state index contributed by atoms with van der Waals surface area (Å²) in [5.74, 6) is 0.802. The summed E-state index contributed by atoms with van der Waals surface area (Å²) in [6, 6.07) is 14.4. The fourth-order valence-corrected chi connectivity index (χ4v) is 2.59. The molecule has 3 rings (SSSR count). The lowest BCUT2D eigenvalue weighted by molar-refractivity contribution is 0.630. The number of benzene rings is 2. The summed E-state index contributed by atoms with van der Waals surface area (Å²) in [6.45, 7) is 0. The smallest absolute Gasteiger partial charge is 0.142 e. The zero-order chi connectivity index (χ0) is 15.0. The van der Waals surface area contributed by atoms with Crippen molar-refractivity contribution >= 4 is 21.7 Å². The van der Waals surface area contributed by atoms with Crippen molar-refractivity contribution in [1.82, 2.24) is 9.55 Å². The van der Waals surface area contributed by atoms with Crippen LogP contribution in [0.5, 0.6) is 0 Å². The number of nitrogens with zero attached hydrogens (tertiary/aromatic N) is 2. The molecule has 5 heteroatoms. The highest BCUT2D eigenvalue weighted by Gasteiger charge is 2.18. The first-order valence-corrected chi connectivity index (χ1v) is 7.20. The average molecular weight is 346 g/mol. The van der Waals surface area contributed by atoms with Crippen molar-refractivity contribution in [2.24, 2.45) is 7.05 Å². The van der Waals surface area contributed by atoms with Gasteiger partial charge in [0.15, 0.2) is 0 Å². The first-order valence-electron chi connectivity index (χ1n) is 6.41. The third-order valence-corrected chi connectivity index (χ3v) is 3.85. The van der Waals surface area contributed by atoms with Crippen molar-refractivity contribution in [3.63, 3.8) is 0 Å². The van der Waals surface area contributed by atoms with Gasteiger partial charge in [-0.25, -0.2) is 9.37 Å². The molecule has 0 aliphatic rings. The van der Waals surface area contributed by atoms with Crippen LogP contribution in [0.25, 0.3) is 22.6 Å². The van der Waals surface area contributed by atoms with Gasteiger partial charge in [-0.1, -0.05) is 46.3 Å². The van der Waals surface area contributed by atoms with E-state index in [1.54, 1.807) is 16.7 Å². The van der Waals surface area contributed by atoms with E-state index in [1.165, 1.54) is 6.07 Å². The second-order valence-corrected chi connectivity index (χ2v) is 5.63. The lowest BCUT2D eigenvalue weighted by Gasteiger charge is -2.03. The molecular formula is C16H13BrFN3. The molecule has 2 aromatic carbocycles. The molecule has 3 aromatic rings. The summed E-state index contributed by atoms with van der Waals surface area (Å²) in [5.41, 5.74) is 7.89. The molecule has 21 heavy (non-hydrogen) atoms. The number of anilines is 1. The molecule has 0 aliphatic heterocycles. The Kier molecular flexibility index (Phi) is 3.51. The summed E-state index contributed by atoms with van der Waals surface area (Å²) in [6.07, 6.45) is 0. The summed E-state index contributed by atoms with van der Waals surface area (Å²) in [5, 5.41) is 0. The Morgan fingerprint density at radius 1 is 1.14 bits per heavy atom. The minimum atomic E-state index is -0.345. The Labute approximate surface area is 130 Å². The first kappa shape index (κ1) is 13.8. The van der Waals surface area contributed by atoms with E-state index in [4.69, 9.17) is 5.73 Å². The second-order valence-electron chi connectivity index (χ2n) is 4.72. The number of hydrogen-bond acceptors (Lipinski definition) is 2. The van der Waals surface area contributed by atoms with Gasteiger partial charge < -0.3 is 10.3 Å². The Balaban J connectivity index is 2.20. The van der Waals surface area contributed by atoms with Gasteiger partial charge in [-0.3, -0.25) is 0 Å². The molecule has 0 radical (unpaired) electrons. The van der Waals surface area contributed by atoms with Crippen LogP contribution in [-0.2, 0) is 7.05 Å². The van der Waals surface area contributed by atoms with Crippen LogP contribution in [-0.4, -0.2) is 9.55 Å². The average Bonchev–Trinajstić information content (AvgIpc) is 2.79. The monoisotopic (exact) mass is 345 g/mol. The van der Waals surface area contributed by atoms with E-state index in [-0.39, 0.29) is 5.82 Å². The number of rotatable bonds is 2. The molecule has 0 saturated carbocycles. The van der Waals surface area contributed by atoms with Gasteiger partial charge in [0.05, 0.1) is 0 Å². The zero-order valence-electron chi connectivity index (χ0n) is 11.3. The molecular weight excluding hydrogens is 333 g/mol. The molecule has 0 atom stereocenters. The molecule has 0 aliphatic carbocycles. The molecule has 0 spiro atoms. The Bertz CT molecular complexity index is 797. The van der Waals surface area contributed by atoms with Gasteiger partial charge in [0, 0.05) is 22.6 Å². The van der Waals surface area contributed by atoms with Crippen LogP contribution in [0.4, 0.5) is 10.2 Å². The minimum Gasteiger partial charge on any atom is -0.383 e. The zero-order valence-corrected chi connectivity index (χ0v) is 12.9. The molecule has 0 bridgehead atoms. The highest BCUT2D eigenvalue weighted by atomic mass is 79.9. The fraction of sp³-hybridized carbons (Fsp3) is 0.0625. The molecule has 1 aromatic heterocycles. The van der Waals surface area contributed by atoms with Gasteiger partial charge in [-0.15, -0.1) is 0 Å². The SMILES string of the molecule is Cn1c(-c2ccccc2)nc(-c2cc(Br)ccc2F)c1N. The number of hydrogen-bond donors (Lipinski definition) is 1. The maximum Gasteiger partial charge on any atom is 0.142 e. The Hall–Kier alpha value is -2.14. The van der Waals surface area contributed by atoms with Gasteiger partial charge in [-0.2, -0.15) is 0 Å². The largest absolute Gasteiger partial charge is 0.383 e. The van der Waals surface area contributed by atoms with Crippen molar-refractivity contribution in [2.75, 3.05) is 5.73 Å². The van der Waals surface area contributed by atoms with Crippen molar-refractivity contribution in [3.05, 3.63) is 58.8 Å². The van der Waals surface area contributed by atoms with Crippen molar-refractivity contribution in [2.45, 2.75) is 0 Å². The fourth-order valence-electron chi connectivity index (χ4n) is 2.23. The van der Waals surface area contributed by atoms with Gasteiger partial charge in [0.1, 0.15) is 23.2 Å². The molecule has 0 unspecified atom stereocenters. The van der Waals surface area contributed by atoms with Crippen LogP contribution in [0.15, 0.2) is 53.0 Å². The lowest BCUT2D eigenvalue weighted by Crippen LogP contribution is -1.99. The predicted octanol–water partition coefficient (Wildman–Crippen LogP) is 4.24. The minimum absolute atomic E-state index is 0.345. The number of nitrogen functional groups attached to an aromatic ring is 1. The molecule has 0 fully saturated rings. The standard InChI is InChI=1S/C16H13BrFN3/c1-21-15(19)14(12-9-11(17)7-8-13(12)18)20-16(21)10-5-3-2-4-6-10/h2-9H,19H2,1H3. The van der Waals surface area contributed by atoms with E-state index in [9.17, 15) is 4.39 Å². The second kappa shape index (κ2) is 5.33. The van der Waals surface area contributed by atoms with Gasteiger partial charge in [0.2, 0.25) is 0 Å². The normalized spacial score (nSPS) is 10.8. The van der Waals surface area contributed by atoms with Crippen LogP contribution in [0, 0.1) is 5.82 Å². The van der Waals surface area contributed by atoms with E-state index in [0.717, 1.165) is 10.0 Å². The number of halogens is 2. The van der Waals surface area contributed by atoms with Crippen LogP contribution in [0.1, 0.15) is 0 Å². The highest BCUT2D eigenvalue weighted by Crippen LogP contribution is 2.33. The van der Waals surface area contributed by atoms with Crippen molar-refractivity contribution in [1.29, 1.82) is 0 Å². The maximum atomic E-state index is 14.1. The maximum absolute atomic E-state index is 14.1. The van der Waals surface area contributed by atoms with Crippen molar-refractivity contribution < 1.29 is 4.39 Å². The van der Waals surface area contributed by atoms with E-state index in [2.05, 4.69) is 20.9 Å². The topological polar surface area (TPSA) is 43.8 Å². The van der Waals surface area contributed by atoms with Crippen LogP contribution in [0.3, 0.4) is 0 Å². The molecule has 106 valence electrons. The third kappa shape index (κ3) is 2.45. The number of nitrogens with two attached hydrogens (primary N) is 1. The highest BCUT2D eigenvalue weighted by molar-refractivity contribution is 9.10. The van der Waals surface area contributed by atoms with Crippen molar-refractivity contribution in [3.8, 4) is 22.6 Å². The van der Waals surface area contributed by atoms with Gasteiger partial charge in [-0.05, 0) is 18.2 Å². The Morgan fingerprint density at radius 3 is 2.57 bits per heavy atom. The van der Waals surface area contributed by atoms with E-state index in [1.807, 2.05) is 37.4 Å². The van der Waals surface area contributed by atoms with Gasteiger partial charge in [0.25, 0.3) is 0 Å². The van der Waals surface area contributed by atoms with Gasteiger partial charge >= 0.3 is 0 Å². The Morgan fingerprint density at radius 2 is 1.86 bits per heavy atom. The summed E-state index contributed by atoms with van der Waals surface area (Å²) in [7, 11) is 1.82. The molecule has 1 heterocycles. The molecule has 0 saturated heterocycles. The van der Waals surface area contributed by atoms with Crippen LogP contribution in [0.2, 0.25) is 0 Å². The summed E-state index contributed by atoms with van der Waals surface area (Å²) < 4.78 is 16.6. The summed E-state index contributed by atoms with van der Waals surface area (Å²) >= 11 is 3.35. The molecule has 3 nitrogen and oxygen atoms in total. The first-order chi connectivity index (χ1) is 10.1. The molecule has 2 N–H and O–H groups in total. The quantitative estimate of drug-likeness (QED) is 0.754. The van der Waals surface area contributed by atoms with E-state index >= 15 is 0 Å². The third-order valence-electron chi connectivity index (χ3n) is 3.35. The summed E-state index contributed by atoms with van der Waals surface area (Å²) in [4.78, 5) is 4.53. The van der Waals surface area contributed by atoms with Crippen LogP contribution >= 0.6 is 15.9 Å². The van der Waals surface area contributed by atoms with E-state index in [0.29, 0.717) is 22.9 Å². The van der Waals surface area contributed by atoms with Crippen LogP contribution < -0.4 is 5.73 Å². The molecule has 0 amide bonds. The number of aromatic nitrogens is 2. The lowest BCUT2D eigenvalue weighted by atomic mass is 10.1. The number of imidazole rings is 1. The van der Waals surface area contributed by atoms with E-state index < -0.39 is 0 Å². The predicted molar refractivity (Wildman–Crippen MR) is 86.2 cm³/mol.